The number of benzene rings is 1. The average Bonchev–Trinajstić information content (AvgIpc) is 2.78. The van der Waals surface area contributed by atoms with E-state index < -0.39 is 0 Å². The van der Waals surface area contributed by atoms with Crippen LogP contribution in [-0.4, -0.2) is 9.97 Å². The van der Waals surface area contributed by atoms with Gasteiger partial charge in [0.25, 0.3) is 0 Å². The van der Waals surface area contributed by atoms with Crippen LogP contribution in [0, 0.1) is 6.92 Å². The van der Waals surface area contributed by atoms with Crippen molar-refractivity contribution >= 4 is 22.5 Å². The highest BCUT2D eigenvalue weighted by Gasteiger charge is 2.08. The SMILES string of the molecule is Cc1cccnc1CNCc1[nH]c2ccccc2c1Cl. The normalized spacial score (nSPS) is 11.1. The van der Waals surface area contributed by atoms with Crippen molar-refractivity contribution in [2.75, 3.05) is 0 Å². The third kappa shape index (κ3) is 2.55. The standard InChI is InChI=1S/C16H16ClN3/c1-11-5-4-8-19-14(11)9-18-10-15-16(17)12-6-2-3-7-13(12)20-15/h2-8,18,20H,9-10H2,1H3. The molecule has 0 aliphatic heterocycles. The number of hydrogen-bond acceptors (Lipinski definition) is 2. The number of H-pyrrole nitrogens is 1. The van der Waals surface area contributed by atoms with E-state index in [1.165, 1.54) is 5.56 Å². The van der Waals surface area contributed by atoms with Gasteiger partial charge in [-0.1, -0.05) is 35.9 Å². The van der Waals surface area contributed by atoms with Gasteiger partial charge in [0, 0.05) is 35.9 Å². The lowest BCUT2D eigenvalue weighted by Crippen LogP contribution is -2.15. The third-order valence-electron chi connectivity index (χ3n) is 3.43. The molecule has 0 bridgehead atoms. The molecule has 0 aliphatic carbocycles. The summed E-state index contributed by atoms with van der Waals surface area (Å²) in [6, 6.07) is 12.1. The Morgan fingerprint density at radius 2 is 2.00 bits per heavy atom. The molecule has 1 aromatic carbocycles. The highest BCUT2D eigenvalue weighted by Crippen LogP contribution is 2.26. The molecule has 0 spiro atoms. The Morgan fingerprint density at radius 3 is 2.80 bits per heavy atom. The highest BCUT2D eigenvalue weighted by molar-refractivity contribution is 6.36. The number of fused-ring (bicyclic) bond motifs is 1. The monoisotopic (exact) mass is 285 g/mol. The number of pyridine rings is 1. The third-order valence-corrected chi connectivity index (χ3v) is 3.86. The predicted molar refractivity (Wildman–Crippen MR) is 82.8 cm³/mol. The number of rotatable bonds is 4. The average molecular weight is 286 g/mol. The summed E-state index contributed by atoms with van der Waals surface area (Å²) in [5, 5.41) is 5.25. The molecule has 0 amide bonds. The first-order chi connectivity index (χ1) is 9.75. The summed E-state index contributed by atoms with van der Waals surface area (Å²) in [6.45, 7) is 3.50. The van der Waals surface area contributed by atoms with Crippen LogP contribution in [0.15, 0.2) is 42.6 Å². The van der Waals surface area contributed by atoms with Crippen LogP contribution >= 0.6 is 11.6 Å². The number of hydrogen-bond donors (Lipinski definition) is 2. The fraction of sp³-hybridized carbons (Fsp3) is 0.188. The van der Waals surface area contributed by atoms with Gasteiger partial charge in [-0.15, -0.1) is 0 Å². The summed E-state index contributed by atoms with van der Waals surface area (Å²) in [5.41, 5.74) is 4.35. The second kappa shape index (κ2) is 5.65. The Labute approximate surface area is 123 Å². The van der Waals surface area contributed by atoms with Crippen molar-refractivity contribution in [1.29, 1.82) is 0 Å². The minimum Gasteiger partial charge on any atom is -0.356 e. The number of para-hydroxylation sites is 1. The summed E-state index contributed by atoms with van der Waals surface area (Å²) in [6.07, 6.45) is 1.82. The maximum absolute atomic E-state index is 6.38. The topological polar surface area (TPSA) is 40.7 Å². The van der Waals surface area contributed by atoms with E-state index in [9.17, 15) is 0 Å². The molecule has 0 saturated carbocycles. The Hall–Kier alpha value is -1.84. The molecule has 4 heteroatoms. The van der Waals surface area contributed by atoms with Crippen LogP contribution in [0.25, 0.3) is 10.9 Å². The number of aryl methyl sites for hydroxylation is 1. The first kappa shape index (κ1) is 13.2. The number of nitrogens with one attached hydrogen (secondary N) is 2. The summed E-state index contributed by atoms with van der Waals surface area (Å²) >= 11 is 6.38. The maximum atomic E-state index is 6.38. The molecule has 0 atom stereocenters. The van der Waals surface area contributed by atoms with E-state index >= 15 is 0 Å². The molecule has 2 aromatic heterocycles. The summed E-state index contributed by atoms with van der Waals surface area (Å²) < 4.78 is 0. The zero-order valence-electron chi connectivity index (χ0n) is 11.3. The van der Waals surface area contributed by atoms with E-state index in [-0.39, 0.29) is 0 Å². The van der Waals surface area contributed by atoms with Crippen LogP contribution in [0.5, 0.6) is 0 Å². The Balaban J connectivity index is 1.71. The second-order valence-corrected chi connectivity index (χ2v) is 5.21. The molecule has 0 saturated heterocycles. The van der Waals surface area contributed by atoms with Crippen molar-refractivity contribution in [2.45, 2.75) is 20.0 Å². The molecule has 3 rings (SSSR count). The van der Waals surface area contributed by atoms with Crippen molar-refractivity contribution in [2.24, 2.45) is 0 Å². The molecule has 0 fully saturated rings. The Bertz CT molecular complexity index is 733. The van der Waals surface area contributed by atoms with Gasteiger partial charge in [-0.05, 0) is 24.6 Å². The second-order valence-electron chi connectivity index (χ2n) is 4.83. The van der Waals surface area contributed by atoms with Gasteiger partial charge < -0.3 is 10.3 Å². The van der Waals surface area contributed by atoms with Crippen molar-refractivity contribution in [1.82, 2.24) is 15.3 Å². The zero-order chi connectivity index (χ0) is 13.9. The van der Waals surface area contributed by atoms with Crippen LogP contribution in [0.1, 0.15) is 17.0 Å². The van der Waals surface area contributed by atoms with E-state index in [2.05, 4.69) is 28.3 Å². The van der Waals surface area contributed by atoms with Crippen molar-refractivity contribution in [3.8, 4) is 0 Å². The Kier molecular flexibility index (Phi) is 3.72. The van der Waals surface area contributed by atoms with E-state index in [0.29, 0.717) is 6.54 Å². The fourth-order valence-electron chi connectivity index (χ4n) is 2.29. The molecule has 0 radical (unpaired) electrons. The molecule has 2 heterocycles. The van der Waals surface area contributed by atoms with Crippen molar-refractivity contribution < 1.29 is 0 Å². The van der Waals surface area contributed by atoms with Gasteiger partial charge in [0.1, 0.15) is 0 Å². The van der Waals surface area contributed by atoms with E-state index in [0.717, 1.165) is 33.9 Å². The minimum absolute atomic E-state index is 0.698. The smallest absolute Gasteiger partial charge is 0.0705 e. The number of halogens is 1. The quantitative estimate of drug-likeness (QED) is 0.765. The van der Waals surface area contributed by atoms with Crippen LogP contribution in [0.2, 0.25) is 5.02 Å². The van der Waals surface area contributed by atoms with Gasteiger partial charge in [0.05, 0.1) is 10.7 Å². The Morgan fingerprint density at radius 1 is 1.15 bits per heavy atom. The van der Waals surface area contributed by atoms with Gasteiger partial charge in [-0.2, -0.15) is 0 Å². The van der Waals surface area contributed by atoms with Gasteiger partial charge in [0.15, 0.2) is 0 Å². The molecule has 20 heavy (non-hydrogen) atoms. The van der Waals surface area contributed by atoms with Gasteiger partial charge in [-0.3, -0.25) is 4.98 Å². The van der Waals surface area contributed by atoms with E-state index in [1.807, 2.05) is 36.5 Å². The molecule has 0 unspecified atom stereocenters. The molecular formula is C16H16ClN3. The van der Waals surface area contributed by atoms with Crippen LogP contribution in [0.3, 0.4) is 0 Å². The van der Waals surface area contributed by atoms with E-state index in [1.54, 1.807) is 0 Å². The van der Waals surface area contributed by atoms with Crippen LogP contribution < -0.4 is 5.32 Å². The summed E-state index contributed by atoms with van der Waals surface area (Å²) in [5.74, 6) is 0. The van der Waals surface area contributed by atoms with Crippen molar-refractivity contribution in [3.63, 3.8) is 0 Å². The van der Waals surface area contributed by atoms with E-state index in [4.69, 9.17) is 11.6 Å². The molecule has 3 nitrogen and oxygen atoms in total. The first-order valence-corrected chi connectivity index (χ1v) is 7.00. The minimum atomic E-state index is 0.698. The predicted octanol–water partition coefficient (Wildman–Crippen LogP) is 3.81. The van der Waals surface area contributed by atoms with Gasteiger partial charge in [-0.25, -0.2) is 0 Å². The number of aromatic amines is 1. The maximum Gasteiger partial charge on any atom is 0.0705 e. The molecular weight excluding hydrogens is 270 g/mol. The molecule has 2 N–H and O–H groups in total. The lowest BCUT2D eigenvalue weighted by atomic mass is 10.2. The van der Waals surface area contributed by atoms with Crippen LogP contribution in [0.4, 0.5) is 0 Å². The first-order valence-electron chi connectivity index (χ1n) is 6.62. The summed E-state index contributed by atoms with van der Waals surface area (Å²) in [4.78, 5) is 7.72. The van der Waals surface area contributed by atoms with Crippen LogP contribution in [-0.2, 0) is 13.1 Å². The molecule has 102 valence electrons. The summed E-state index contributed by atoms with van der Waals surface area (Å²) in [7, 11) is 0. The zero-order valence-corrected chi connectivity index (χ0v) is 12.0. The van der Waals surface area contributed by atoms with Gasteiger partial charge in [0.2, 0.25) is 0 Å². The van der Waals surface area contributed by atoms with Gasteiger partial charge >= 0.3 is 0 Å². The molecule has 3 aromatic rings. The molecule has 0 aliphatic rings. The lowest BCUT2D eigenvalue weighted by Gasteiger charge is -2.06. The largest absolute Gasteiger partial charge is 0.356 e. The number of aromatic nitrogens is 2. The fourth-order valence-corrected chi connectivity index (χ4v) is 2.57. The number of nitrogens with zero attached hydrogens (tertiary/aromatic N) is 1. The lowest BCUT2D eigenvalue weighted by molar-refractivity contribution is 0.668. The highest BCUT2D eigenvalue weighted by atomic mass is 35.5. The van der Waals surface area contributed by atoms with Crippen molar-refractivity contribution in [3.05, 3.63) is 64.6 Å².